The zero-order chi connectivity index (χ0) is 16.9. The maximum absolute atomic E-state index is 9.82. The predicted octanol–water partition coefficient (Wildman–Crippen LogP) is 2.94. The number of β-amino-alcohol motifs (C(OH)–C–C–N with tert-alkyl or cyclic N) is 1. The molecule has 3 rings (SSSR count). The molecule has 0 spiro atoms. The Kier molecular flexibility index (Phi) is 6.14. The summed E-state index contributed by atoms with van der Waals surface area (Å²) in [5.74, 6) is 0.944. The van der Waals surface area contributed by atoms with Crippen molar-refractivity contribution >= 4 is 0 Å². The van der Waals surface area contributed by atoms with Gasteiger partial charge in [-0.2, -0.15) is 0 Å². The summed E-state index contributed by atoms with van der Waals surface area (Å²) in [6.45, 7) is 4.69. The van der Waals surface area contributed by atoms with Crippen molar-refractivity contribution in [3.63, 3.8) is 0 Å². The van der Waals surface area contributed by atoms with Crippen LogP contribution in [0.2, 0.25) is 0 Å². The average molecular weight is 333 g/mol. The number of benzene rings is 1. The molecule has 1 aromatic carbocycles. The van der Waals surface area contributed by atoms with Gasteiger partial charge in [-0.05, 0) is 49.8 Å². The average Bonchev–Trinajstić information content (AvgIpc) is 3.02. The Morgan fingerprint density at radius 1 is 1.21 bits per heavy atom. The van der Waals surface area contributed by atoms with Crippen LogP contribution >= 0.6 is 0 Å². The molecule has 0 amide bonds. The zero-order valence-electron chi connectivity index (χ0n) is 15.0. The van der Waals surface area contributed by atoms with Crippen LogP contribution in [0.25, 0.3) is 0 Å². The molecule has 0 aromatic heterocycles. The van der Waals surface area contributed by atoms with Gasteiger partial charge in [-0.15, -0.1) is 0 Å². The maximum atomic E-state index is 9.82. The Morgan fingerprint density at radius 2 is 2.04 bits per heavy atom. The van der Waals surface area contributed by atoms with E-state index >= 15 is 0 Å². The number of aliphatic hydroxyl groups is 1. The highest BCUT2D eigenvalue weighted by molar-refractivity contribution is 5.36. The Hall–Kier alpha value is -1.10. The second kappa shape index (κ2) is 8.32. The predicted molar refractivity (Wildman–Crippen MR) is 95.6 cm³/mol. The van der Waals surface area contributed by atoms with Gasteiger partial charge < -0.3 is 14.6 Å². The lowest BCUT2D eigenvalue weighted by Gasteiger charge is -2.37. The Morgan fingerprint density at radius 3 is 2.75 bits per heavy atom. The first-order valence-electron chi connectivity index (χ1n) is 9.34. The van der Waals surface area contributed by atoms with E-state index < -0.39 is 0 Å². The van der Waals surface area contributed by atoms with Crippen LogP contribution in [-0.2, 0) is 11.2 Å². The molecule has 4 nitrogen and oxygen atoms in total. The molecule has 1 heterocycles. The van der Waals surface area contributed by atoms with Crippen molar-refractivity contribution in [3.05, 3.63) is 29.3 Å². The lowest BCUT2D eigenvalue weighted by molar-refractivity contribution is -0.0316. The summed E-state index contributed by atoms with van der Waals surface area (Å²) in [5.41, 5.74) is 2.48. The Bertz CT molecular complexity index is 534. The van der Waals surface area contributed by atoms with Gasteiger partial charge in [-0.1, -0.05) is 25.0 Å². The van der Waals surface area contributed by atoms with E-state index in [2.05, 4.69) is 24.0 Å². The molecule has 134 valence electrons. The van der Waals surface area contributed by atoms with E-state index in [0.29, 0.717) is 12.1 Å². The lowest BCUT2D eigenvalue weighted by atomic mass is 9.91. The van der Waals surface area contributed by atoms with Crippen LogP contribution in [0.1, 0.15) is 43.2 Å². The normalized spacial score (nSPS) is 28.2. The number of ether oxygens (including phenoxy) is 2. The maximum Gasteiger partial charge on any atom is 0.121 e. The van der Waals surface area contributed by atoms with Gasteiger partial charge in [-0.3, -0.25) is 4.90 Å². The number of likely N-dealkylation sites (tertiary alicyclic amines) is 1. The number of hydrogen-bond donors (Lipinski definition) is 1. The number of nitrogens with zero attached hydrogens (tertiary/aromatic N) is 1. The van der Waals surface area contributed by atoms with Crippen LogP contribution in [0.4, 0.5) is 0 Å². The van der Waals surface area contributed by atoms with Crippen LogP contribution in [-0.4, -0.2) is 55.1 Å². The van der Waals surface area contributed by atoms with Crippen molar-refractivity contribution in [1.29, 1.82) is 0 Å². The molecular formula is C20H31NO3. The molecule has 1 aliphatic carbocycles. The molecule has 4 heteroatoms. The minimum absolute atomic E-state index is 0.144. The van der Waals surface area contributed by atoms with E-state index in [1.54, 1.807) is 7.11 Å². The van der Waals surface area contributed by atoms with Gasteiger partial charge in [0.05, 0.1) is 25.9 Å². The highest BCUT2D eigenvalue weighted by Crippen LogP contribution is 2.28. The van der Waals surface area contributed by atoms with Crippen molar-refractivity contribution < 1.29 is 14.6 Å². The van der Waals surface area contributed by atoms with Crippen LogP contribution in [0.15, 0.2) is 18.2 Å². The number of rotatable bonds is 6. The third-order valence-corrected chi connectivity index (χ3v) is 5.51. The van der Waals surface area contributed by atoms with Crippen molar-refractivity contribution in [2.24, 2.45) is 0 Å². The number of hydrogen-bond acceptors (Lipinski definition) is 4. The first-order valence-corrected chi connectivity index (χ1v) is 9.34. The third-order valence-electron chi connectivity index (χ3n) is 5.51. The molecule has 0 unspecified atom stereocenters. The van der Waals surface area contributed by atoms with Gasteiger partial charge in [0.2, 0.25) is 0 Å². The summed E-state index contributed by atoms with van der Waals surface area (Å²) in [6, 6.07) is 6.86. The Balaban J connectivity index is 1.51. The summed E-state index contributed by atoms with van der Waals surface area (Å²) >= 11 is 0. The molecule has 1 saturated heterocycles. The molecule has 1 N–H and O–H groups in total. The lowest BCUT2D eigenvalue weighted by Crippen LogP contribution is -2.46. The molecule has 0 bridgehead atoms. The molecule has 1 aromatic rings. The fraction of sp³-hybridized carbons (Fsp3) is 0.700. The van der Waals surface area contributed by atoms with E-state index in [4.69, 9.17) is 9.47 Å². The van der Waals surface area contributed by atoms with Crippen molar-refractivity contribution in [2.75, 3.05) is 26.8 Å². The summed E-state index contributed by atoms with van der Waals surface area (Å²) in [4.78, 5) is 2.45. The third kappa shape index (κ3) is 4.29. The number of aryl methyl sites for hydroxylation is 1. The minimum Gasteiger partial charge on any atom is -0.496 e. The number of methoxy groups -OCH3 is 1. The summed E-state index contributed by atoms with van der Waals surface area (Å²) in [7, 11) is 1.71. The molecule has 3 atom stereocenters. The summed E-state index contributed by atoms with van der Waals surface area (Å²) in [6.07, 6.45) is 6.94. The van der Waals surface area contributed by atoms with Crippen molar-refractivity contribution in [2.45, 2.75) is 63.7 Å². The van der Waals surface area contributed by atoms with E-state index in [9.17, 15) is 5.11 Å². The summed E-state index contributed by atoms with van der Waals surface area (Å²) in [5, 5.41) is 9.82. The summed E-state index contributed by atoms with van der Waals surface area (Å²) < 4.78 is 11.6. The van der Waals surface area contributed by atoms with E-state index in [-0.39, 0.29) is 6.10 Å². The van der Waals surface area contributed by atoms with Crippen LogP contribution in [0, 0.1) is 6.92 Å². The van der Waals surface area contributed by atoms with Gasteiger partial charge in [0.15, 0.2) is 0 Å². The monoisotopic (exact) mass is 333 g/mol. The molecule has 1 aliphatic heterocycles. The highest BCUT2D eigenvalue weighted by Gasteiger charge is 2.34. The van der Waals surface area contributed by atoms with Gasteiger partial charge in [0.1, 0.15) is 5.75 Å². The van der Waals surface area contributed by atoms with Gasteiger partial charge in [-0.25, -0.2) is 0 Å². The van der Waals surface area contributed by atoms with Gasteiger partial charge in [0.25, 0.3) is 0 Å². The van der Waals surface area contributed by atoms with Gasteiger partial charge >= 0.3 is 0 Å². The molecule has 2 fully saturated rings. The SMILES string of the molecule is COc1ccc(CCO[C@@H]2CCCC[C@@H]2N2CC[C@H](O)C2)cc1C. The van der Waals surface area contributed by atoms with E-state index in [1.807, 2.05) is 6.07 Å². The minimum atomic E-state index is -0.144. The van der Waals surface area contributed by atoms with Crippen LogP contribution in [0.3, 0.4) is 0 Å². The fourth-order valence-electron chi connectivity index (χ4n) is 4.18. The van der Waals surface area contributed by atoms with Crippen LogP contribution < -0.4 is 4.74 Å². The standard InChI is InChI=1S/C20H31NO3/c1-15-13-16(7-8-19(15)23-2)10-12-24-20-6-4-3-5-18(20)21-11-9-17(22)14-21/h7-8,13,17-18,20,22H,3-6,9-12,14H2,1-2H3/t17-,18-,20+/m0/s1. The molecule has 2 aliphatic rings. The van der Waals surface area contributed by atoms with E-state index in [0.717, 1.165) is 44.7 Å². The molecule has 0 radical (unpaired) electrons. The van der Waals surface area contributed by atoms with Crippen molar-refractivity contribution in [1.82, 2.24) is 4.90 Å². The zero-order valence-corrected chi connectivity index (χ0v) is 15.0. The first-order chi connectivity index (χ1) is 11.7. The molecule has 1 saturated carbocycles. The van der Waals surface area contributed by atoms with Crippen molar-refractivity contribution in [3.8, 4) is 5.75 Å². The quantitative estimate of drug-likeness (QED) is 0.869. The van der Waals surface area contributed by atoms with Crippen LogP contribution in [0.5, 0.6) is 5.75 Å². The molecule has 24 heavy (non-hydrogen) atoms. The van der Waals surface area contributed by atoms with Gasteiger partial charge in [0, 0.05) is 19.1 Å². The topological polar surface area (TPSA) is 41.9 Å². The largest absolute Gasteiger partial charge is 0.496 e. The highest BCUT2D eigenvalue weighted by atomic mass is 16.5. The second-order valence-electron chi connectivity index (χ2n) is 7.25. The smallest absolute Gasteiger partial charge is 0.121 e. The Labute approximate surface area is 145 Å². The second-order valence-corrected chi connectivity index (χ2v) is 7.25. The molecular weight excluding hydrogens is 302 g/mol. The number of aliphatic hydroxyl groups excluding tert-OH is 1. The van der Waals surface area contributed by atoms with E-state index in [1.165, 1.54) is 30.4 Å². The fourth-order valence-corrected chi connectivity index (χ4v) is 4.18. The first kappa shape index (κ1) is 17.7.